The number of hydrogen-bond acceptors (Lipinski definition) is 3. The van der Waals surface area contributed by atoms with E-state index in [1.807, 2.05) is 22.8 Å². The van der Waals surface area contributed by atoms with Crippen molar-refractivity contribution in [3.05, 3.63) is 23.2 Å². The molecule has 0 spiro atoms. The zero-order valence-corrected chi connectivity index (χ0v) is 9.44. The molecule has 1 unspecified atom stereocenters. The zero-order chi connectivity index (χ0) is 11.1. The monoisotopic (exact) mass is 237 g/mol. The number of imidazole rings is 1. The normalized spacial score (nSPS) is 20.7. The number of ether oxygens (including phenoxy) is 1. The van der Waals surface area contributed by atoms with Gasteiger partial charge in [0.2, 0.25) is 5.95 Å². The van der Waals surface area contributed by atoms with E-state index in [0.717, 1.165) is 24.1 Å². The number of rotatable bonds is 1. The average Bonchev–Trinajstić information content (AvgIpc) is 2.84. The van der Waals surface area contributed by atoms with Gasteiger partial charge in [-0.1, -0.05) is 17.7 Å². The second kappa shape index (κ2) is 3.64. The maximum atomic E-state index is 6.20. The van der Waals surface area contributed by atoms with Crippen LogP contribution in [0.25, 0.3) is 11.0 Å². The van der Waals surface area contributed by atoms with Gasteiger partial charge in [-0.05, 0) is 18.6 Å². The van der Waals surface area contributed by atoms with Crippen molar-refractivity contribution >= 4 is 28.6 Å². The smallest absolute Gasteiger partial charge is 0.201 e. The molecule has 1 saturated heterocycles. The predicted molar refractivity (Wildman–Crippen MR) is 63.6 cm³/mol. The fourth-order valence-electron chi connectivity index (χ4n) is 2.22. The Balaban J connectivity index is 2.25. The second-order valence-electron chi connectivity index (χ2n) is 3.96. The molecule has 1 aromatic heterocycles. The van der Waals surface area contributed by atoms with Gasteiger partial charge >= 0.3 is 0 Å². The molecule has 1 atom stereocenters. The first kappa shape index (κ1) is 9.93. The Morgan fingerprint density at radius 2 is 2.38 bits per heavy atom. The van der Waals surface area contributed by atoms with Crippen molar-refractivity contribution in [2.75, 3.05) is 18.9 Å². The lowest BCUT2D eigenvalue weighted by atomic mass is 10.2. The standard InChI is InChI=1S/C11H12ClN3O/c12-8-2-1-3-9-10(8)15(11(13)14-9)7-4-5-16-6-7/h1-3,7H,4-6H2,(H2,13,14). The molecular formula is C11H12ClN3O. The molecule has 1 aliphatic rings. The highest BCUT2D eigenvalue weighted by Crippen LogP contribution is 2.31. The lowest BCUT2D eigenvalue weighted by Gasteiger charge is -2.13. The summed E-state index contributed by atoms with van der Waals surface area (Å²) < 4.78 is 7.37. The molecular weight excluding hydrogens is 226 g/mol. The Morgan fingerprint density at radius 1 is 1.50 bits per heavy atom. The van der Waals surface area contributed by atoms with Crippen LogP contribution in [0.1, 0.15) is 12.5 Å². The summed E-state index contributed by atoms with van der Waals surface area (Å²) in [6.07, 6.45) is 0.959. The Bertz CT molecular complexity index is 531. The maximum absolute atomic E-state index is 6.20. The van der Waals surface area contributed by atoms with Crippen molar-refractivity contribution in [3.63, 3.8) is 0 Å². The van der Waals surface area contributed by atoms with Gasteiger partial charge in [0.05, 0.1) is 28.7 Å². The predicted octanol–water partition coefficient (Wildman–Crippen LogP) is 2.23. The largest absolute Gasteiger partial charge is 0.379 e. The SMILES string of the molecule is Nc1nc2cccc(Cl)c2n1C1CCOC1. The summed E-state index contributed by atoms with van der Waals surface area (Å²) in [7, 11) is 0. The number of nitrogens with zero attached hydrogens (tertiary/aromatic N) is 2. The molecule has 5 heteroatoms. The van der Waals surface area contributed by atoms with Gasteiger partial charge in [-0.2, -0.15) is 0 Å². The summed E-state index contributed by atoms with van der Waals surface area (Å²) in [4.78, 5) is 4.32. The zero-order valence-electron chi connectivity index (χ0n) is 8.69. The molecule has 1 aliphatic heterocycles. The van der Waals surface area contributed by atoms with E-state index in [1.54, 1.807) is 0 Å². The van der Waals surface area contributed by atoms with Crippen LogP contribution in [0.2, 0.25) is 5.02 Å². The minimum absolute atomic E-state index is 0.255. The molecule has 3 rings (SSSR count). The molecule has 0 saturated carbocycles. The van der Waals surface area contributed by atoms with Crippen molar-refractivity contribution in [1.29, 1.82) is 0 Å². The number of nitrogens with two attached hydrogens (primary N) is 1. The van der Waals surface area contributed by atoms with Crippen LogP contribution in [-0.4, -0.2) is 22.8 Å². The third-order valence-electron chi connectivity index (χ3n) is 2.96. The van der Waals surface area contributed by atoms with Crippen molar-refractivity contribution in [1.82, 2.24) is 9.55 Å². The van der Waals surface area contributed by atoms with E-state index in [0.29, 0.717) is 17.6 Å². The summed E-state index contributed by atoms with van der Waals surface area (Å²) in [5.74, 6) is 0.513. The molecule has 1 aromatic carbocycles. The first-order chi connectivity index (χ1) is 7.77. The van der Waals surface area contributed by atoms with E-state index < -0.39 is 0 Å². The van der Waals surface area contributed by atoms with E-state index >= 15 is 0 Å². The highest BCUT2D eigenvalue weighted by atomic mass is 35.5. The number of para-hydroxylation sites is 1. The lowest BCUT2D eigenvalue weighted by Crippen LogP contribution is -2.11. The van der Waals surface area contributed by atoms with E-state index in [4.69, 9.17) is 22.1 Å². The summed E-state index contributed by atoms with van der Waals surface area (Å²) in [5, 5.41) is 0.689. The second-order valence-corrected chi connectivity index (χ2v) is 4.37. The first-order valence-electron chi connectivity index (χ1n) is 5.27. The molecule has 0 amide bonds. The topological polar surface area (TPSA) is 53.1 Å². The van der Waals surface area contributed by atoms with Crippen molar-refractivity contribution < 1.29 is 4.74 Å². The molecule has 2 N–H and O–H groups in total. The van der Waals surface area contributed by atoms with Gasteiger partial charge in [-0.3, -0.25) is 0 Å². The number of benzene rings is 1. The molecule has 16 heavy (non-hydrogen) atoms. The third kappa shape index (κ3) is 1.37. The number of aromatic nitrogens is 2. The van der Waals surface area contributed by atoms with Crippen LogP contribution in [0.5, 0.6) is 0 Å². The summed E-state index contributed by atoms with van der Waals surface area (Å²) in [6, 6.07) is 5.92. The molecule has 0 bridgehead atoms. The number of nitrogen functional groups attached to an aromatic ring is 1. The molecule has 2 heterocycles. The van der Waals surface area contributed by atoms with E-state index in [2.05, 4.69) is 4.98 Å². The van der Waals surface area contributed by atoms with E-state index in [-0.39, 0.29) is 6.04 Å². The Morgan fingerprint density at radius 3 is 3.12 bits per heavy atom. The van der Waals surface area contributed by atoms with Gasteiger partial charge in [0.25, 0.3) is 0 Å². The minimum Gasteiger partial charge on any atom is -0.379 e. The van der Waals surface area contributed by atoms with Gasteiger partial charge < -0.3 is 15.0 Å². The van der Waals surface area contributed by atoms with Gasteiger partial charge in [-0.25, -0.2) is 4.98 Å². The molecule has 1 fully saturated rings. The Hall–Kier alpha value is -1.26. The number of fused-ring (bicyclic) bond motifs is 1. The Labute approximate surface area is 98.0 Å². The molecule has 0 aliphatic carbocycles. The highest BCUT2D eigenvalue weighted by molar-refractivity contribution is 6.35. The van der Waals surface area contributed by atoms with Crippen LogP contribution >= 0.6 is 11.6 Å². The van der Waals surface area contributed by atoms with Gasteiger partial charge in [0, 0.05) is 6.61 Å². The van der Waals surface area contributed by atoms with Crippen LogP contribution < -0.4 is 5.73 Å². The minimum atomic E-state index is 0.255. The number of halogens is 1. The van der Waals surface area contributed by atoms with Crippen LogP contribution in [0.4, 0.5) is 5.95 Å². The van der Waals surface area contributed by atoms with Crippen LogP contribution in [0.15, 0.2) is 18.2 Å². The third-order valence-corrected chi connectivity index (χ3v) is 3.26. The average molecular weight is 238 g/mol. The number of anilines is 1. The summed E-state index contributed by atoms with van der Waals surface area (Å²) >= 11 is 6.20. The fraction of sp³-hybridized carbons (Fsp3) is 0.364. The van der Waals surface area contributed by atoms with Crippen LogP contribution in [0.3, 0.4) is 0 Å². The fourth-order valence-corrected chi connectivity index (χ4v) is 2.48. The van der Waals surface area contributed by atoms with Crippen LogP contribution in [-0.2, 0) is 4.74 Å². The first-order valence-corrected chi connectivity index (χ1v) is 5.65. The molecule has 2 aromatic rings. The van der Waals surface area contributed by atoms with Gasteiger partial charge in [-0.15, -0.1) is 0 Å². The lowest BCUT2D eigenvalue weighted by molar-refractivity contribution is 0.187. The molecule has 84 valence electrons. The Kier molecular flexibility index (Phi) is 2.26. The van der Waals surface area contributed by atoms with Gasteiger partial charge in [0.15, 0.2) is 0 Å². The summed E-state index contributed by atoms with van der Waals surface area (Å²) in [6.45, 7) is 1.45. The number of hydrogen-bond donors (Lipinski definition) is 1. The quantitative estimate of drug-likeness (QED) is 0.828. The van der Waals surface area contributed by atoms with E-state index in [9.17, 15) is 0 Å². The van der Waals surface area contributed by atoms with Crippen LogP contribution in [0, 0.1) is 0 Å². The van der Waals surface area contributed by atoms with Crippen molar-refractivity contribution in [2.24, 2.45) is 0 Å². The highest BCUT2D eigenvalue weighted by Gasteiger charge is 2.23. The van der Waals surface area contributed by atoms with Gasteiger partial charge in [0.1, 0.15) is 0 Å². The van der Waals surface area contributed by atoms with Crippen molar-refractivity contribution in [3.8, 4) is 0 Å². The van der Waals surface area contributed by atoms with Crippen molar-refractivity contribution in [2.45, 2.75) is 12.5 Å². The molecule has 0 radical (unpaired) electrons. The molecule has 4 nitrogen and oxygen atoms in total. The van der Waals surface area contributed by atoms with E-state index in [1.165, 1.54) is 0 Å². The summed E-state index contributed by atoms with van der Waals surface area (Å²) in [5.41, 5.74) is 7.70. The maximum Gasteiger partial charge on any atom is 0.201 e.